The molecule has 152 valence electrons. The lowest BCUT2D eigenvalue weighted by atomic mass is 10.2. The zero-order chi connectivity index (χ0) is 20.3. The van der Waals surface area contributed by atoms with Crippen LogP contribution in [0.2, 0.25) is 0 Å². The Kier molecular flexibility index (Phi) is 4.98. The summed E-state index contributed by atoms with van der Waals surface area (Å²) in [6.45, 7) is 2.70. The fourth-order valence-corrected chi connectivity index (χ4v) is 3.49. The van der Waals surface area contributed by atoms with Crippen molar-refractivity contribution < 1.29 is 23.2 Å². The molecule has 10 heteroatoms. The minimum atomic E-state index is 0.213. The fourth-order valence-electron chi connectivity index (χ4n) is 2.89. The largest absolute Gasteiger partial charge is 0.493 e. The molecule has 2 aromatic carbocycles. The van der Waals surface area contributed by atoms with Crippen LogP contribution in [-0.4, -0.2) is 33.7 Å². The van der Waals surface area contributed by atoms with Crippen LogP contribution in [-0.2, 0) is 5.75 Å². The second-order valence-electron chi connectivity index (χ2n) is 6.17. The van der Waals surface area contributed by atoms with Crippen molar-refractivity contribution >= 4 is 11.8 Å². The number of nitrogens with zero attached hydrogens (tertiary/aromatic N) is 4. The molecule has 5 rings (SSSR count). The van der Waals surface area contributed by atoms with Gasteiger partial charge in [0.2, 0.25) is 24.4 Å². The van der Waals surface area contributed by atoms with Gasteiger partial charge in [0.15, 0.2) is 11.5 Å². The fraction of sp³-hybridized carbons (Fsp3) is 0.200. The number of rotatable bonds is 7. The molecular weight excluding hydrogens is 408 g/mol. The van der Waals surface area contributed by atoms with E-state index in [1.807, 2.05) is 49.4 Å². The van der Waals surface area contributed by atoms with Gasteiger partial charge in [0, 0.05) is 5.56 Å². The second-order valence-corrected chi connectivity index (χ2v) is 7.10. The quantitative estimate of drug-likeness (QED) is 0.401. The molecule has 0 radical (unpaired) electrons. The monoisotopic (exact) mass is 424 g/mol. The Labute approximate surface area is 175 Å². The number of thioether (sulfide) groups is 1. The molecule has 0 spiro atoms. The molecule has 0 N–H and O–H groups in total. The number of fused-ring (bicyclic) bond motifs is 1. The zero-order valence-corrected chi connectivity index (χ0v) is 16.7. The highest BCUT2D eigenvalue weighted by molar-refractivity contribution is 7.98. The molecule has 30 heavy (non-hydrogen) atoms. The maximum Gasteiger partial charge on any atom is 0.277 e. The smallest absolute Gasteiger partial charge is 0.277 e. The number of aromatic nitrogens is 4. The summed E-state index contributed by atoms with van der Waals surface area (Å²) in [5, 5.41) is 12.6. The summed E-state index contributed by atoms with van der Waals surface area (Å²) in [4.78, 5) is 4.44. The van der Waals surface area contributed by atoms with Gasteiger partial charge in [-0.25, -0.2) is 0 Å². The molecule has 1 aliphatic heterocycles. The molecule has 0 saturated carbocycles. The van der Waals surface area contributed by atoms with Crippen LogP contribution in [0, 0.1) is 0 Å². The van der Waals surface area contributed by atoms with Gasteiger partial charge in [-0.1, -0.05) is 29.1 Å². The van der Waals surface area contributed by atoms with Crippen LogP contribution in [0.4, 0.5) is 0 Å². The Morgan fingerprint density at radius 2 is 1.97 bits per heavy atom. The first-order chi connectivity index (χ1) is 14.8. The van der Waals surface area contributed by atoms with E-state index >= 15 is 0 Å². The Hall–Kier alpha value is -3.53. The lowest BCUT2D eigenvalue weighted by molar-refractivity contribution is 0.174. The Morgan fingerprint density at radius 1 is 1.07 bits per heavy atom. The topological polar surface area (TPSA) is 106 Å². The summed E-state index contributed by atoms with van der Waals surface area (Å²) in [6.07, 6.45) is 0. The second kappa shape index (κ2) is 8.07. The summed E-state index contributed by atoms with van der Waals surface area (Å²) in [7, 11) is 0. The molecule has 0 saturated heterocycles. The standard InChI is InChI=1S/C20H16N4O5S/c1-2-25-14-6-4-3-5-13(14)18-21-17(29-24-18)10-30-20-23-22-19(28-20)12-7-8-15-16(9-12)27-11-26-15/h3-9H,2,10-11H2,1H3. The first kappa shape index (κ1) is 18.5. The van der Waals surface area contributed by atoms with Crippen LogP contribution in [0.1, 0.15) is 12.8 Å². The molecule has 9 nitrogen and oxygen atoms in total. The van der Waals surface area contributed by atoms with E-state index in [0.717, 1.165) is 11.1 Å². The molecule has 2 aromatic heterocycles. The first-order valence-corrected chi connectivity index (χ1v) is 10.2. The first-order valence-electron chi connectivity index (χ1n) is 9.21. The van der Waals surface area contributed by atoms with Gasteiger partial charge in [-0.15, -0.1) is 10.2 Å². The highest BCUT2D eigenvalue weighted by Crippen LogP contribution is 2.36. The van der Waals surface area contributed by atoms with E-state index in [1.54, 1.807) is 0 Å². The van der Waals surface area contributed by atoms with Crippen molar-refractivity contribution in [2.75, 3.05) is 13.4 Å². The molecule has 0 unspecified atom stereocenters. The van der Waals surface area contributed by atoms with Crippen molar-refractivity contribution in [1.82, 2.24) is 20.3 Å². The lowest BCUT2D eigenvalue weighted by Crippen LogP contribution is -1.94. The van der Waals surface area contributed by atoms with Crippen molar-refractivity contribution in [3.8, 4) is 40.1 Å². The molecule has 0 bridgehead atoms. The van der Waals surface area contributed by atoms with Gasteiger partial charge in [-0.2, -0.15) is 4.98 Å². The minimum absolute atomic E-state index is 0.213. The third-order valence-electron chi connectivity index (χ3n) is 4.24. The van der Waals surface area contributed by atoms with E-state index in [-0.39, 0.29) is 6.79 Å². The average Bonchev–Trinajstić information content (AvgIpc) is 3.52. The third kappa shape index (κ3) is 3.69. The van der Waals surface area contributed by atoms with Crippen molar-refractivity contribution in [2.45, 2.75) is 17.9 Å². The van der Waals surface area contributed by atoms with E-state index in [0.29, 0.717) is 52.4 Å². The van der Waals surface area contributed by atoms with Crippen LogP contribution in [0.15, 0.2) is 56.6 Å². The van der Waals surface area contributed by atoms with Crippen molar-refractivity contribution in [3.05, 3.63) is 48.4 Å². The van der Waals surface area contributed by atoms with E-state index in [4.69, 9.17) is 23.2 Å². The molecule has 0 aliphatic carbocycles. The Bertz CT molecular complexity index is 1180. The molecule has 0 atom stereocenters. The lowest BCUT2D eigenvalue weighted by Gasteiger charge is -2.05. The SMILES string of the molecule is CCOc1ccccc1-c1noc(CSc2nnc(-c3ccc4c(c3)OCO4)o2)n1. The number of hydrogen-bond donors (Lipinski definition) is 0. The summed E-state index contributed by atoms with van der Waals surface area (Å²) in [5.41, 5.74) is 1.54. The Morgan fingerprint density at radius 3 is 2.90 bits per heavy atom. The van der Waals surface area contributed by atoms with Gasteiger partial charge < -0.3 is 23.2 Å². The summed E-state index contributed by atoms with van der Waals surface area (Å²) in [6, 6.07) is 13.0. The summed E-state index contributed by atoms with van der Waals surface area (Å²) < 4.78 is 27.4. The van der Waals surface area contributed by atoms with Crippen LogP contribution in [0.25, 0.3) is 22.8 Å². The van der Waals surface area contributed by atoms with E-state index in [1.165, 1.54) is 11.8 Å². The van der Waals surface area contributed by atoms with E-state index < -0.39 is 0 Å². The van der Waals surface area contributed by atoms with Gasteiger partial charge in [-0.3, -0.25) is 0 Å². The predicted molar refractivity (Wildman–Crippen MR) is 106 cm³/mol. The van der Waals surface area contributed by atoms with Gasteiger partial charge in [0.25, 0.3) is 5.22 Å². The molecule has 1 aliphatic rings. The molecule has 3 heterocycles. The van der Waals surface area contributed by atoms with E-state index in [2.05, 4.69) is 20.3 Å². The normalized spacial score (nSPS) is 12.3. The summed E-state index contributed by atoms with van der Waals surface area (Å²) >= 11 is 1.31. The van der Waals surface area contributed by atoms with Crippen LogP contribution >= 0.6 is 11.8 Å². The van der Waals surface area contributed by atoms with E-state index in [9.17, 15) is 0 Å². The average molecular weight is 424 g/mol. The number of para-hydroxylation sites is 1. The molecule has 0 fully saturated rings. The minimum Gasteiger partial charge on any atom is -0.493 e. The van der Waals surface area contributed by atoms with Gasteiger partial charge >= 0.3 is 0 Å². The van der Waals surface area contributed by atoms with Crippen LogP contribution in [0.3, 0.4) is 0 Å². The maximum absolute atomic E-state index is 5.73. The summed E-state index contributed by atoms with van der Waals surface area (Å²) in [5.74, 6) is 3.78. The highest BCUT2D eigenvalue weighted by atomic mass is 32.2. The van der Waals surface area contributed by atoms with Crippen LogP contribution in [0.5, 0.6) is 17.2 Å². The molecule has 0 amide bonds. The highest BCUT2D eigenvalue weighted by Gasteiger charge is 2.18. The Balaban J connectivity index is 1.27. The van der Waals surface area contributed by atoms with Gasteiger partial charge in [0.05, 0.1) is 17.9 Å². The number of hydrogen-bond acceptors (Lipinski definition) is 10. The molecule has 4 aromatic rings. The van der Waals surface area contributed by atoms with Gasteiger partial charge in [-0.05, 0) is 37.3 Å². The van der Waals surface area contributed by atoms with Gasteiger partial charge in [0.1, 0.15) is 5.75 Å². The maximum atomic E-state index is 5.73. The molecular formula is C20H16N4O5S. The number of ether oxygens (including phenoxy) is 3. The number of benzene rings is 2. The van der Waals surface area contributed by atoms with Crippen LogP contribution < -0.4 is 14.2 Å². The third-order valence-corrected chi connectivity index (χ3v) is 5.04. The van der Waals surface area contributed by atoms with Crippen molar-refractivity contribution in [2.24, 2.45) is 0 Å². The predicted octanol–water partition coefficient (Wildman–Crippen LogP) is 4.21. The van der Waals surface area contributed by atoms with Crippen molar-refractivity contribution in [1.29, 1.82) is 0 Å². The zero-order valence-electron chi connectivity index (χ0n) is 15.9. The van der Waals surface area contributed by atoms with Crippen molar-refractivity contribution in [3.63, 3.8) is 0 Å².